The third kappa shape index (κ3) is 5.73. The quantitative estimate of drug-likeness (QED) is 0.697. The number of benzene rings is 1. The normalized spacial score (nSPS) is 12.7. The summed E-state index contributed by atoms with van der Waals surface area (Å²) < 4.78 is 5.64. The van der Waals surface area contributed by atoms with Crippen molar-refractivity contribution >= 4 is 0 Å². The van der Waals surface area contributed by atoms with Gasteiger partial charge in [0.15, 0.2) is 0 Å². The van der Waals surface area contributed by atoms with Crippen LogP contribution in [-0.2, 0) is 0 Å². The minimum Gasteiger partial charge on any atom is -0.494 e. The number of rotatable bonds is 8. The molecule has 0 aromatic heterocycles. The van der Waals surface area contributed by atoms with Crippen LogP contribution in [0.4, 0.5) is 0 Å². The molecule has 96 valence electrons. The fraction of sp³-hybridized carbons (Fsp3) is 0.600. The summed E-state index contributed by atoms with van der Waals surface area (Å²) in [5, 5.41) is 3.58. The molecular weight excluding hydrogens is 210 g/mol. The van der Waals surface area contributed by atoms with Gasteiger partial charge in [0.1, 0.15) is 5.75 Å². The van der Waals surface area contributed by atoms with Crippen LogP contribution in [0.5, 0.6) is 5.75 Å². The Labute approximate surface area is 105 Å². The molecule has 2 heteroatoms. The lowest BCUT2D eigenvalue weighted by Crippen LogP contribution is -2.34. The number of hydrogen-bond acceptors (Lipinski definition) is 2. The summed E-state index contributed by atoms with van der Waals surface area (Å²) in [5.74, 6) is 1.67. The van der Waals surface area contributed by atoms with E-state index >= 15 is 0 Å². The number of nitrogens with one attached hydrogen (secondary N) is 1. The van der Waals surface area contributed by atoms with E-state index in [-0.39, 0.29) is 0 Å². The average Bonchev–Trinajstić information content (AvgIpc) is 2.34. The minimum absolute atomic E-state index is 0.631. The summed E-state index contributed by atoms with van der Waals surface area (Å²) in [5.41, 5.74) is 0. The van der Waals surface area contributed by atoms with Crippen LogP contribution in [0, 0.1) is 5.92 Å². The van der Waals surface area contributed by atoms with E-state index in [1.807, 2.05) is 30.3 Å². The molecular formula is C15H25NO. The molecule has 1 N–H and O–H groups in total. The van der Waals surface area contributed by atoms with Crippen molar-refractivity contribution in [2.75, 3.05) is 13.2 Å². The second kappa shape index (κ2) is 8.13. The molecule has 0 saturated carbocycles. The molecule has 0 heterocycles. The summed E-state index contributed by atoms with van der Waals surface area (Å²) in [4.78, 5) is 0. The third-order valence-corrected chi connectivity index (χ3v) is 2.98. The smallest absolute Gasteiger partial charge is 0.119 e. The Morgan fingerprint density at radius 3 is 2.47 bits per heavy atom. The lowest BCUT2D eigenvalue weighted by molar-refractivity contribution is 0.297. The lowest BCUT2D eigenvalue weighted by Gasteiger charge is -2.20. The maximum Gasteiger partial charge on any atom is 0.119 e. The molecule has 0 aliphatic heterocycles. The van der Waals surface area contributed by atoms with E-state index in [0.29, 0.717) is 12.0 Å². The van der Waals surface area contributed by atoms with Crippen LogP contribution in [0.3, 0.4) is 0 Å². The average molecular weight is 235 g/mol. The molecule has 0 aliphatic carbocycles. The largest absolute Gasteiger partial charge is 0.494 e. The van der Waals surface area contributed by atoms with Crippen LogP contribution in [-0.4, -0.2) is 19.2 Å². The van der Waals surface area contributed by atoms with E-state index in [4.69, 9.17) is 4.74 Å². The SMILES string of the molecule is CCC(NCCCOc1ccccc1)C(C)C. The fourth-order valence-corrected chi connectivity index (χ4v) is 1.92. The van der Waals surface area contributed by atoms with Crippen molar-refractivity contribution < 1.29 is 4.74 Å². The minimum atomic E-state index is 0.631. The van der Waals surface area contributed by atoms with E-state index in [9.17, 15) is 0 Å². The monoisotopic (exact) mass is 235 g/mol. The van der Waals surface area contributed by atoms with E-state index in [1.165, 1.54) is 6.42 Å². The van der Waals surface area contributed by atoms with Gasteiger partial charge in [0.25, 0.3) is 0 Å². The van der Waals surface area contributed by atoms with Crippen molar-refractivity contribution in [3.8, 4) is 5.75 Å². The highest BCUT2D eigenvalue weighted by molar-refractivity contribution is 5.20. The molecule has 1 rings (SSSR count). The number of ether oxygens (including phenoxy) is 1. The summed E-state index contributed by atoms with van der Waals surface area (Å²) in [6.45, 7) is 8.58. The number of para-hydroxylation sites is 1. The topological polar surface area (TPSA) is 21.3 Å². The van der Waals surface area contributed by atoms with Gasteiger partial charge in [-0.2, -0.15) is 0 Å². The van der Waals surface area contributed by atoms with Crippen molar-refractivity contribution in [2.24, 2.45) is 5.92 Å². The molecule has 0 aliphatic rings. The van der Waals surface area contributed by atoms with E-state index < -0.39 is 0 Å². The zero-order valence-electron chi connectivity index (χ0n) is 11.3. The zero-order valence-corrected chi connectivity index (χ0v) is 11.3. The molecule has 0 fully saturated rings. The molecule has 1 atom stereocenters. The summed E-state index contributed by atoms with van der Waals surface area (Å²) in [6.07, 6.45) is 2.25. The zero-order chi connectivity index (χ0) is 12.5. The van der Waals surface area contributed by atoms with E-state index in [2.05, 4.69) is 26.1 Å². The Balaban J connectivity index is 2.08. The van der Waals surface area contributed by atoms with Crippen molar-refractivity contribution in [3.63, 3.8) is 0 Å². The predicted molar refractivity (Wildman–Crippen MR) is 73.5 cm³/mol. The highest BCUT2D eigenvalue weighted by atomic mass is 16.5. The van der Waals surface area contributed by atoms with Gasteiger partial charge in [-0.3, -0.25) is 0 Å². The molecule has 0 saturated heterocycles. The Hall–Kier alpha value is -1.02. The first-order valence-corrected chi connectivity index (χ1v) is 6.65. The maximum atomic E-state index is 5.64. The Morgan fingerprint density at radius 2 is 1.88 bits per heavy atom. The van der Waals surface area contributed by atoms with Gasteiger partial charge in [0.05, 0.1) is 6.61 Å². The molecule has 1 aromatic carbocycles. The highest BCUT2D eigenvalue weighted by Gasteiger charge is 2.08. The van der Waals surface area contributed by atoms with Crippen molar-refractivity contribution in [3.05, 3.63) is 30.3 Å². The van der Waals surface area contributed by atoms with Crippen LogP contribution in [0.15, 0.2) is 30.3 Å². The van der Waals surface area contributed by atoms with E-state index in [1.54, 1.807) is 0 Å². The summed E-state index contributed by atoms with van der Waals surface area (Å²) in [7, 11) is 0. The molecule has 1 aromatic rings. The molecule has 0 bridgehead atoms. The highest BCUT2D eigenvalue weighted by Crippen LogP contribution is 2.08. The van der Waals surface area contributed by atoms with Crippen LogP contribution in [0.2, 0.25) is 0 Å². The lowest BCUT2D eigenvalue weighted by atomic mass is 10.0. The van der Waals surface area contributed by atoms with Crippen LogP contribution in [0.1, 0.15) is 33.6 Å². The van der Waals surface area contributed by atoms with Crippen LogP contribution >= 0.6 is 0 Å². The molecule has 0 spiro atoms. The van der Waals surface area contributed by atoms with Gasteiger partial charge in [-0.15, -0.1) is 0 Å². The van der Waals surface area contributed by atoms with Gasteiger partial charge in [-0.05, 0) is 37.4 Å². The molecule has 2 nitrogen and oxygen atoms in total. The Kier molecular flexibility index (Phi) is 6.71. The van der Waals surface area contributed by atoms with Crippen LogP contribution < -0.4 is 10.1 Å². The van der Waals surface area contributed by atoms with Gasteiger partial charge in [0, 0.05) is 6.04 Å². The van der Waals surface area contributed by atoms with Gasteiger partial charge < -0.3 is 10.1 Å². The third-order valence-electron chi connectivity index (χ3n) is 2.98. The van der Waals surface area contributed by atoms with Crippen LogP contribution in [0.25, 0.3) is 0 Å². The Bertz CT molecular complexity index is 284. The molecule has 0 amide bonds. The molecule has 1 unspecified atom stereocenters. The van der Waals surface area contributed by atoms with Crippen molar-refractivity contribution in [1.82, 2.24) is 5.32 Å². The van der Waals surface area contributed by atoms with E-state index in [0.717, 1.165) is 25.3 Å². The standard InChI is InChI=1S/C15H25NO/c1-4-15(13(2)3)16-11-8-12-17-14-9-6-5-7-10-14/h5-7,9-10,13,15-16H,4,8,11-12H2,1-3H3. The number of hydrogen-bond donors (Lipinski definition) is 1. The van der Waals surface area contributed by atoms with Gasteiger partial charge in [0.2, 0.25) is 0 Å². The summed E-state index contributed by atoms with van der Waals surface area (Å²) in [6, 6.07) is 10.6. The van der Waals surface area contributed by atoms with Crippen molar-refractivity contribution in [2.45, 2.75) is 39.7 Å². The van der Waals surface area contributed by atoms with Crippen molar-refractivity contribution in [1.29, 1.82) is 0 Å². The predicted octanol–water partition coefficient (Wildman–Crippen LogP) is 3.48. The first-order chi connectivity index (χ1) is 8.24. The Morgan fingerprint density at radius 1 is 1.18 bits per heavy atom. The first-order valence-electron chi connectivity index (χ1n) is 6.65. The molecule has 17 heavy (non-hydrogen) atoms. The maximum absolute atomic E-state index is 5.64. The second-order valence-corrected chi connectivity index (χ2v) is 4.73. The first kappa shape index (κ1) is 14.0. The van der Waals surface area contributed by atoms with Gasteiger partial charge >= 0.3 is 0 Å². The van der Waals surface area contributed by atoms with Gasteiger partial charge in [-0.25, -0.2) is 0 Å². The van der Waals surface area contributed by atoms with Gasteiger partial charge in [-0.1, -0.05) is 39.0 Å². The molecule has 0 radical (unpaired) electrons. The fourth-order valence-electron chi connectivity index (χ4n) is 1.92. The second-order valence-electron chi connectivity index (χ2n) is 4.73. The summed E-state index contributed by atoms with van der Waals surface area (Å²) >= 11 is 0.